The van der Waals surface area contributed by atoms with Crippen LogP contribution in [0.2, 0.25) is 0 Å². The van der Waals surface area contributed by atoms with Crippen molar-refractivity contribution < 1.29 is 65.0 Å². The fourth-order valence-electron chi connectivity index (χ4n) is 2.53. The highest BCUT2D eigenvalue weighted by Crippen LogP contribution is 2.39. The van der Waals surface area contributed by atoms with Crippen molar-refractivity contribution >= 4 is 47.4 Å². The zero-order valence-corrected chi connectivity index (χ0v) is 20.8. The molecule has 0 aromatic heterocycles. The number of thiol groups is 1. The van der Waals surface area contributed by atoms with Crippen molar-refractivity contribution in [3.05, 3.63) is 34.9 Å². The van der Waals surface area contributed by atoms with Crippen LogP contribution in [-0.4, -0.2) is 59.1 Å². The van der Waals surface area contributed by atoms with E-state index in [1.807, 2.05) is 5.32 Å². The monoisotopic (exact) mass is 591 g/mol. The number of primary amides is 1. The molecule has 0 radical (unpaired) electrons. The number of carbonyl (C=O) groups excluding carboxylic acids is 5. The second-order valence-electron chi connectivity index (χ2n) is 7.31. The molecule has 0 bridgehead atoms. The molecule has 1 atom stereocenters. The number of carboxylic acids is 1. The van der Waals surface area contributed by atoms with Crippen molar-refractivity contribution in [3.8, 4) is 0 Å². The lowest BCUT2D eigenvalue weighted by molar-refractivity contribution is -0.144. The Labute approximate surface area is 221 Å². The van der Waals surface area contributed by atoms with Crippen molar-refractivity contribution in [2.75, 3.05) is 13.2 Å². The Kier molecular flexibility index (Phi) is 14.0. The number of benzene rings is 1. The van der Waals surface area contributed by atoms with E-state index in [-0.39, 0.29) is 31.4 Å². The highest BCUT2D eigenvalue weighted by Gasteiger charge is 2.43. The summed E-state index contributed by atoms with van der Waals surface area (Å²) in [6.07, 6.45) is -11.0. The minimum Gasteiger partial charge on any atom is -0.481 e. The van der Waals surface area contributed by atoms with E-state index in [1.54, 1.807) is 6.92 Å². The fourth-order valence-corrected chi connectivity index (χ4v) is 2.68. The van der Waals surface area contributed by atoms with E-state index < -0.39 is 83.0 Å². The number of ketones is 1. The molecule has 1 aromatic rings. The molecule has 0 spiro atoms. The summed E-state index contributed by atoms with van der Waals surface area (Å²) >= 11 is 3.40. The molecule has 0 fully saturated rings. The van der Waals surface area contributed by atoms with Crippen molar-refractivity contribution in [3.63, 3.8) is 0 Å². The first kappa shape index (κ1) is 35.2. The molecule has 3 amide bonds. The van der Waals surface area contributed by atoms with Crippen LogP contribution in [0.15, 0.2) is 18.2 Å². The largest absolute Gasteiger partial charge is 0.481 e. The zero-order chi connectivity index (χ0) is 30.6. The lowest BCUT2D eigenvalue weighted by Crippen LogP contribution is -2.47. The first-order valence-electron chi connectivity index (χ1n) is 10.5. The number of aliphatic carboxylic acids is 1. The Morgan fingerprint density at radius 3 is 1.90 bits per heavy atom. The van der Waals surface area contributed by atoms with Crippen LogP contribution in [-0.2, 0) is 36.3 Å². The first-order valence-corrected chi connectivity index (χ1v) is 11.0. The van der Waals surface area contributed by atoms with Crippen molar-refractivity contribution in [1.82, 2.24) is 10.6 Å². The smallest absolute Gasteiger partial charge is 0.417 e. The van der Waals surface area contributed by atoms with Gasteiger partial charge in [0.25, 0.3) is 5.24 Å². The molecule has 39 heavy (non-hydrogen) atoms. The summed E-state index contributed by atoms with van der Waals surface area (Å²) in [6, 6.07) is -0.381. The van der Waals surface area contributed by atoms with Crippen LogP contribution in [0, 0.1) is 0 Å². The second-order valence-corrected chi connectivity index (χ2v) is 7.72. The van der Waals surface area contributed by atoms with Gasteiger partial charge >= 0.3 is 24.3 Å². The predicted octanol–water partition coefficient (Wildman–Crippen LogP) is 2.32. The summed E-state index contributed by atoms with van der Waals surface area (Å²) in [5.41, 5.74) is -0.697. The van der Waals surface area contributed by atoms with E-state index in [9.17, 15) is 55.1 Å². The maximum atomic E-state index is 13.1. The van der Waals surface area contributed by atoms with Crippen LogP contribution in [0.4, 0.5) is 31.1 Å². The SMILES string of the molecule is CCC(=O)O.NC(=O)CC[C@H](NC(=O)S)C(=O)NCC(=O)COC(=O)c1c(C(F)(F)F)cccc1C(F)(F)F. The van der Waals surface area contributed by atoms with Crippen LogP contribution in [0.3, 0.4) is 0 Å². The Morgan fingerprint density at radius 2 is 1.51 bits per heavy atom. The predicted molar refractivity (Wildman–Crippen MR) is 122 cm³/mol. The molecule has 0 aliphatic carbocycles. The molecular weight excluding hydrogens is 568 g/mol. The third-order valence-corrected chi connectivity index (χ3v) is 4.43. The van der Waals surface area contributed by atoms with Gasteiger partial charge in [-0.3, -0.25) is 24.0 Å². The van der Waals surface area contributed by atoms with Crippen LogP contribution < -0.4 is 16.4 Å². The number of Topliss-reactive ketones (excluding diaryl/α,β-unsaturated/α-hetero) is 1. The van der Waals surface area contributed by atoms with Crippen LogP contribution >= 0.6 is 12.6 Å². The number of esters is 1. The van der Waals surface area contributed by atoms with Crippen molar-refractivity contribution in [2.24, 2.45) is 5.73 Å². The van der Waals surface area contributed by atoms with Gasteiger partial charge in [-0.2, -0.15) is 26.3 Å². The standard InChI is InChI=1S/C18H17F6N3O6S.C3H6O2/c19-17(20,21)9-2-1-3-10(18(22,23)24)13(9)15(31)33-7-8(28)6-26-14(30)11(27-16(32)34)4-5-12(25)29;1-2-3(4)5/h1-3,11H,4-7H2,(H2,25,29)(H,26,30)(H2,27,32,34);2H2,1H3,(H,4,5)/t11-;/m0./s1. The van der Waals surface area contributed by atoms with Gasteiger partial charge in [0.15, 0.2) is 12.4 Å². The van der Waals surface area contributed by atoms with Crippen LogP contribution in [0.25, 0.3) is 0 Å². The number of rotatable bonds is 11. The Hall–Kier alpha value is -3.83. The summed E-state index contributed by atoms with van der Waals surface area (Å²) in [4.78, 5) is 67.1. The number of hydrogen-bond acceptors (Lipinski definition) is 7. The third-order valence-electron chi connectivity index (χ3n) is 4.30. The summed E-state index contributed by atoms with van der Waals surface area (Å²) in [6.45, 7) is -0.537. The molecular formula is C21H23F6N3O8S. The van der Waals surface area contributed by atoms with Gasteiger partial charge in [-0.25, -0.2) is 4.79 Å². The molecule has 11 nitrogen and oxygen atoms in total. The topological polar surface area (TPSA) is 182 Å². The maximum Gasteiger partial charge on any atom is 0.417 e. The fraction of sp³-hybridized carbons (Fsp3) is 0.429. The van der Waals surface area contributed by atoms with Gasteiger partial charge in [-0.1, -0.05) is 25.6 Å². The molecule has 0 aliphatic heterocycles. The quantitative estimate of drug-likeness (QED) is 0.148. The van der Waals surface area contributed by atoms with E-state index in [1.165, 1.54) is 0 Å². The van der Waals surface area contributed by atoms with Gasteiger partial charge < -0.3 is 26.2 Å². The average molecular weight is 591 g/mol. The molecule has 0 aliphatic rings. The highest BCUT2D eigenvalue weighted by atomic mass is 32.1. The Bertz CT molecular complexity index is 1050. The maximum absolute atomic E-state index is 13.1. The summed E-state index contributed by atoms with van der Waals surface area (Å²) in [7, 11) is 0. The molecule has 18 heteroatoms. The van der Waals surface area contributed by atoms with Gasteiger partial charge in [-0.15, -0.1) is 0 Å². The number of nitrogens with one attached hydrogen (secondary N) is 2. The lowest BCUT2D eigenvalue weighted by Gasteiger charge is -2.18. The van der Waals surface area contributed by atoms with Gasteiger partial charge in [-0.05, 0) is 18.6 Å². The van der Waals surface area contributed by atoms with Gasteiger partial charge in [0.1, 0.15) is 6.04 Å². The van der Waals surface area contributed by atoms with E-state index in [0.717, 1.165) is 0 Å². The third kappa shape index (κ3) is 13.5. The number of alkyl halides is 6. The molecule has 0 unspecified atom stereocenters. The van der Waals surface area contributed by atoms with E-state index >= 15 is 0 Å². The molecule has 218 valence electrons. The number of carboxylic acid groups (broad SMARTS) is 1. The molecule has 1 aromatic carbocycles. The molecule has 0 saturated heterocycles. The first-order chi connectivity index (χ1) is 17.8. The van der Waals surface area contributed by atoms with Crippen LogP contribution in [0.1, 0.15) is 47.7 Å². The van der Waals surface area contributed by atoms with E-state index in [2.05, 4.69) is 22.7 Å². The van der Waals surface area contributed by atoms with Crippen LogP contribution in [0.5, 0.6) is 0 Å². The minimum atomic E-state index is -5.33. The Balaban J connectivity index is 0.00000263. The summed E-state index contributed by atoms with van der Waals surface area (Å²) < 4.78 is 83.0. The Morgan fingerprint density at radius 1 is 1.03 bits per heavy atom. The number of ether oxygens (including phenoxy) is 1. The number of carbonyl (C=O) groups is 6. The highest BCUT2D eigenvalue weighted by molar-refractivity contribution is 7.96. The molecule has 1 rings (SSSR count). The van der Waals surface area contributed by atoms with Gasteiger partial charge in [0, 0.05) is 12.8 Å². The summed E-state index contributed by atoms with van der Waals surface area (Å²) in [5.74, 6) is -5.69. The van der Waals surface area contributed by atoms with E-state index in [0.29, 0.717) is 6.07 Å². The number of halogens is 6. The average Bonchev–Trinajstić information content (AvgIpc) is 2.81. The minimum absolute atomic E-state index is 0.222. The number of hydrogen-bond donors (Lipinski definition) is 5. The normalized spacial score (nSPS) is 11.8. The summed E-state index contributed by atoms with van der Waals surface area (Å²) in [5, 5.41) is 10.8. The molecule has 5 N–H and O–H groups in total. The number of amides is 3. The number of nitrogens with two attached hydrogens (primary N) is 1. The lowest BCUT2D eigenvalue weighted by atomic mass is 10.00. The zero-order valence-electron chi connectivity index (χ0n) is 19.9. The van der Waals surface area contributed by atoms with E-state index in [4.69, 9.17) is 10.8 Å². The van der Waals surface area contributed by atoms with Crippen molar-refractivity contribution in [1.29, 1.82) is 0 Å². The molecule has 0 heterocycles. The van der Waals surface area contributed by atoms with Crippen molar-refractivity contribution in [2.45, 2.75) is 44.6 Å². The van der Waals surface area contributed by atoms with Gasteiger partial charge in [0.05, 0.1) is 23.2 Å². The van der Waals surface area contributed by atoms with Gasteiger partial charge in [0.2, 0.25) is 11.8 Å². The molecule has 0 saturated carbocycles. The second kappa shape index (κ2) is 15.6.